The molecular weight excluding hydrogens is 252 g/mol. The monoisotopic (exact) mass is 272 g/mol. The zero-order chi connectivity index (χ0) is 13.9. The molecule has 2 N–H and O–H groups in total. The van der Waals surface area contributed by atoms with Gasteiger partial charge in [-0.2, -0.15) is 0 Å². The van der Waals surface area contributed by atoms with Gasteiger partial charge in [0.15, 0.2) is 0 Å². The number of hydrogen-bond donors (Lipinski definition) is 2. The number of carbonyl (C=O) groups is 2. The van der Waals surface area contributed by atoms with Gasteiger partial charge in [-0.15, -0.1) is 0 Å². The van der Waals surface area contributed by atoms with Gasteiger partial charge < -0.3 is 10.6 Å². The van der Waals surface area contributed by atoms with Crippen LogP contribution >= 0.6 is 0 Å². The van der Waals surface area contributed by atoms with Gasteiger partial charge in [0.05, 0.1) is 12.8 Å². The number of carbonyl (C=O) groups excluding carboxylic acids is 2. The molecule has 2 aliphatic rings. The predicted octanol–water partition coefficient (Wildman–Crippen LogP) is 2.17. The SMILES string of the molecule is O=C1Cc2cc(CC(=O)NC3CCCCC3)ccc2N1. The van der Waals surface area contributed by atoms with Crippen molar-refractivity contribution < 1.29 is 9.59 Å². The second-order valence-corrected chi connectivity index (χ2v) is 5.80. The first-order valence-corrected chi connectivity index (χ1v) is 7.42. The zero-order valence-corrected chi connectivity index (χ0v) is 11.6. The minimum atomic E-state index is 0.0313. The van der Waals surface area contributed by atoms with Gasteiger partial charge in [-0.05, 0) is 30.0 Å². The van der Waals surface area contributed by atoms with Crippen LogP contribution in [0.4, 0.5) is 5.69 Å². The lowest BCUT2D eigenvalue weighted by Gasteiger charge is -2.22. The lowest BCUT2D eigenvalue weighted by molar-refractivity contribution is -0.121. The van der Waals surface area contributed by atoms with Gasteiger partial charge in [-0.1, -0.05) is 31.4 Å². The van der Waals surface area contributed by atoms with Crippen LogP contribution in [0.15, 0.2) is 18.2 Å². The van der Waals surface area contributed by atoms with Gasteiger partial charge in [0.1, 0.15) is 0 Å². The summed E-state index contributed by atoms with van der Waals surface area (Å²) < 4.78 is 0. The Bertz CT molecular complexity index is 533. The number of hydrogen-bond acceptors (Lipinski definition) is 2. The van der Waals surface area contributed by atoms with Crippen LogP contribution in [0.2, 0.25) is 0 Å². The molecule has 0 saturated heterocycles. The topological polar surface area (TPSA) is 58.2 Å². The van der Waals surface area contributed by atoms with Crippen LogP contribution < -0.4 is 10.6 Å². The van der Waals surface area contributed by atoms with Crippen molar-refractivity contribution >= 4 is 17.5 Å². The normalized spacial score (nSPS) is 18.5. The molecule has 1 aliphatic carbocycles. The zero-order valence-electron chi connectivity index (χ0n) is 11.6. The largest absolute Gasteiger partial charge is 0.353 e. The smallest absolute Gasteiger partial charge is 0.228 e. The molecule has 0 radical (unpaired) electrons. The third-order valence-corrected chi connectivity index (χ3v) is 4.13. The van der Waals surface area contributed by atoms with Gasteiger partial charge in [0, 0.05) is 11.7 Å². The summed E-state index contributed by atoms with van der Waals surface area (Å²) in [7, 11) is 0. The molecule has 1 aliphatic heterocycles. The number of anilines is 1. The highest BCUT2D eigenvalue weighted by Gasteiger charge is 2.19. The van der Waals surface area contributed by atoms with E-state index in [0.717, 1.165) is 29.7 Å². The molecular formula is C16H20N2O2. The first kappa shape index (κ1) is 13.2. The lowest BCUT2D eigenvalue weighted by atomic mass is 9.95. The fourth-order valence-corrected chi connectivity index (χ4v) is 3.10. The molecule has 1 aromatic rings. The average Bonchev–Trinajstić information content (AvgIpc) is 2.79. The van der Waals surface area contributed by atoms with E-state index in [2.05, 4.69) is 10.6 Å². The quantitative estimate of drug-likeness (QED) is 0.886. The fraction of sp³-hybridized carbons (Fsp3) is 0.500. The molecule has 1 aromatic carbocycles. The molecule has 3 rings (SSSR count). The van der Waals surface area contributed by atoms with Crippen LogP contribution in [-0.2, 0) is 22.4 Å². The number of fused-ring (bicyclic) bond motifs is 1. The molecule has 1 saturated carbocycles. The van der Waals surface area contributed by atoms with Crippen molar-refractivity contribution in [3.05, 3.63) is 29.3 Å². The Balaban J connectivity index is 1.59. The third-order valence-electron chi connectivity index (χ3n) is 4.13. The molecule has 0 spiro atoms. The summed E-state index contributed by atoms with van der Waals surface area (Å²) in [6.07, 6.45) is 6.77. The second-order valence-electron chi connectivity index (χ2n) is 5.80. The summed E-state index contributed by atoms with van der Waals surface area (Å²) in [6.45, 7) is 0. The van der Waals surface area contributed by atoms with Crippen LogP contribution in [0.3, 0.4) is 0 Å². The molecule has 0 aromatic heterocycles. The van der Waals surface area contributed by atoms with Crippen molar-refractivity contribution in [3.63, 3.8) is 0 Å². The first-order chi connectivity index (χ1) is 9.70. The molecule has 0 unspecified atom stereocenters. The van der Waals surface area contributed by atoms with E-state index in [4.69, 9.17) is 0 Å². The van der Waals surface area contributed by atoms with Crippen LogP contribution in [0, 0.1) is 0 Å². The van der Waals surface area contributed by atoms with E-state index in [9.17, 15) is 9.59 Å². The Morgan fingerprint density at radius 3 is 2.85 bits per heavy atom. The van der Waals surface area contributed by atoms with Crippen molar-refractivity contribution in [1.82, 2.24) is 5.32 Å². The molecule has 2 amide bonds. The standard InChI is InChI=1S/C16H20N2O2/c19-15(17-13-4-2-1-3-5-13)9-11-6-7-14-12(8-11)10-16(20)18-14/h6-8,13H,1-5,9-10H2,(H,17,19)(H,18,20). The molecule has 4 heteroatoms. The first-order valence-electron chi connectivity index (χ1n) is 7.42. The summed E-state index contributed by atoms with van der Waals surface area (Å²) in [5.41, 5.74) is 2.86. The molecule has 1 heterocycles. The van der Waals surface area contributed by atoms with E-state index >= 15 is 0 Å². The van der Waals surface area contributed by atoms with Crippen LogP contribution in [-0.4, -0.2) is 17.9 Å². The summed E-state index contributed by atoms with van der Waals surface area (Å²) in [5.74, 6) is 0.123. The van der Waals surface area contributed by atoms with Gasteiger partial charge in [-0.3, -0.25) is 9.59 Å². The number of amides is 2. The van der Waals surface area contributed by atoms with E-state index in [0.29, 0.717) is 18.9 Å². The van der Waals surface area contributed by atoms with Gasteiger partial charge in [-0.25, -0.2) is 0 Å². The third kappa shape index (κ3) is 3.00. The summed E-state index contributed by atoms with van der Waals surface area (Å²) in [6, 6.07) is 6.14. The second kappa shape index (κ2) is 5.65. The molecule has 0 atom stereocenters. The van der Waals surface area contributed by atoms with Gasteiger partial charge >= 0.3 is 0 Å². The van der Waals surface area contributed by atoms with Gasteiger partial charge in [0.2, 0.25) is 11.8 Å². The highest BCUT2D eigenvalue weighted by molar-refractivity contribution is 5.99. The maximum absolute atomic E-state index is 12.1. The van der Waals surface area contributed by atoms with Crippen LogP contribution in [0.5, 0.6) is 0 Å². The highest BCUT2D eigenvalue weighted by Crippen LogP contribution is 2.24. The van der Waals surface area contributed by atoms with E-state index in [-0.39, 0.29) is 11.8 Å². The van der Waals surface area contributed by atoms with Crippen molar-refractivity contribution in [1.29, 1.82) is 0 Å². The van der Waals surface area contributed by atoms with Crippen molar-refractivity contribution in [2.24, 2.45) is 0 Å². The summed E-state index contributed by atoms with van der Waals surface area (Å²) in [4.78, 5) is 23.4. The molecule has 106 valence electrons. The maximum atomic E-state index is 12.1. The van der Waals surface area contributed by atoms with Crippen LogP contribution in [0.1, 0.15) is 43.2 Å². The molecule has 0 bridgehead atoms. The minimum Gasteiger partial charge on any atom is -0.353 e. The number of benzene rings is 1. The Labute approximate surface area is 118 Å². The predicted molar refractivity (Wildman–Crippen MR) is 77.5 cm³/mol. The summed E-state index contributed by atoms with van der Waals surface area (Å²) in [5, 5.41) is 5.93. The lowest BCUT2D eigenvalue weighted by Crippen LogP contribution is -2.37. The molecule has 20 heavy (non-hydrogen) atoms. The van der Waals surface area contributed by atoms with Crippen molar-refractivity contribution in [2.45, 2.75) is 51.0 Å². The van der Waals surface area contributed by atoms with E-state index in [1.54, 1.807) is 0 Å². The van der Waals surface area contributed by atoms with E-state index in [1.807, 2.05) is 18.2 Å². The number of nitrogens with one attached hydrogen (secondary N) is 2. The minimum absolute atomic E-state index is 0.0313. The van der Waals surface area contributed by atoms with E-state index in [1.165, 1.54) is 19.3 Å². The maximum Gasteiger partial charge on any atom is 0.228 e. The average molecular weight is 272 g/mol. The van der Waals surface area contributed by atoms with E-state index < -0.39 is 0 Å². The van der Waals surface area contributed by atoms with Gasteiger partial charge in [0.25, 0.3) is 0 Å². The Morgan fingerprint density at radius 1 is 1.25 bits per heavy atom. The summed E-state index contributed by atoms with van der Waals surface area (Å²) >= 11 is 0. The molecule has 1 fully saturated rings. The van der Waals surface area contributed by atoms with Crippen LogP contribution in [0.25, 0.3) is 0 Å². The highest BCUT2D eigenvalue weighted by atomic mass is 16.2. The van der Waals surface area contributed by atoms with Crippen molar-refractivity contribution in [3.8, 4) is 0 Å². The molecule has 4 nitrogen and oxygen atoms in total. The Kier molecular flexibility index (Phi) is 3.72. The Hall–Kier alpha value is -1.84. The Morgan fingerprint density at radius 2 is 2.05 bits per heavy atom. The van der Waals surface area contributed by atoms with Crippen molar-refractivity contribution in [2.75, 3.05) is 5.32 Å². The number of rotatable bonds is 3. The fourth-order valence-electron chi connectivity index (χ4n) is 3.10.